The van der Waals surface area contributed by atoms with Crippen LogP contribution in [0.5, 0.6) is 0 Å². The minimum Gasteiger partial charge on any atom is -0.361 e. The summed E-state index contributed by atoms with van der Waals surface area (Å²) < 4.78 is 5.10. The molecule has 0 bridgehead atoms. The number of carbonyl (C=O) groups excluding carboxylic acids is 1. The molecular weight excluding hydrogens is 262 g/mol. The first-order valence-corrected chi connectivity index (χ1v) is 7.82. The van der Waals surface area contributed by atoms with Gasteiger partial charge in [-0.1, -0.05) is 5.16 Å². The second kappa shape index (κ2) is 6.96. The van der Waals surface area contributed by atoms with Crippen molar-refractivity contribution >= 4 is 17.7 Å². The van der Waals surface area contributed by atoms with Crippen LogP contribution in [0.15, 0.2) is 4.52 Å². The molecular formula is C13H21N3O2S. The Labute approximate surface area is 117 Å². The maximum absolute atomic E-state index is 11.8. The summed E-state index contributed by atoms with van der Waals surface area (Å²) in [7, 11) is 0. The van der Waals surface area contributed by atoms with Crippen molar-refractivity contribution in [3.8, 4) is 0 Å². The third kappa shape index (κ3) is 4.24. The molecule has 1 aromatic heterocycles. The normalized spacial score (nSPS) is 19.4. The average Bonchev–Trinajstić information content (AvgIpc) is 2.71. The Morgan fingerprint density at radius 3 is 3.05 bits per heavy atom. The minimum atomic E-state index is 0.117. The quantitative estimate of drug-likeness (QED) is 0.845. The molecule has 0 radical (unpaired) electrons. The van der Waals surface area contributed by atoms with E-state index in [0.29, 0.717) is 19.0 Å². The van der Waals surface area contributed by atoms with E-state index < -0.39 is 0 Å². The zero-order valence-corrected chi connectivity index (χ0v) is 12.3. The zero-order chi connectivity index (χ0) is 13.7. The molecule has 1 aromatic rings. The van der Waals surface area contributed by atoms with Crippen LogP contribution in [0.4, 0.5) is 0 Å². The summed E-state index contributed by atoms with van der Waals surface area (Å²) in [6, 6.07) is 0.317. The van der Waals surface area contributed by atoms with Gasteiger partial charge in [-0.15, -0.1) is 0 Å². The van der Waals surface area contributed by atoms with E-state index in [9.17, 15) is 4.79 Å². The van der Waals surface area contributed by atoms with Crippen molar-refractivity contribution in [3.63, 3.8) is 0 Å². The average molecular weight is 283 g/mol. The zero-order valence-electron chi connectivity index (χ0n) is 11.5. The van der Waals surface area contributed by atoms with Crippen molar-refractivity contribution in [1.82, 2.24) is 15.8 Å². The van der Waals surface area contributed by atoms with Crippen LogP contribution in [0.1, 0.15) is 23.4 Å². The molecule has 19 heavy (non-hydrogen) atoms. The highest BCUT2D eigenvalue weighted by Gasteiger charge is 2.16. The first-order chi connectivity index (χ1) is 9.16. The van der Waals surface area contributed by atoms with Gasteiger partial charge in [0, 0.05) is 42.6 Å². The number of nitrogens with zero attached hydrogens (tertiary/aromatic N) is 1. The van der Waals surface area contributed by atoms with Gasteiger partial charge in [0.2, 0.25) is 5.91 Å². The van der Waals surface area contributed by atoms with E-state index in [2.05, 4.69) is 15.8 Å². The lowest BCUT2D eigenvalue weighted by molar-refractivity contribution is -0.121. The Morgan fingerprint density at radius 2 is 2.42 bits per heavy atom. The molecule has 1 unspecified atom stereocenters. The van der Waals surface area contributed by atoms with Gasteiger partial charge in [0.1, 0.15) is 5.76 Å². The fourth-order valence-corrected chi connectivity index (χ4v) is 3.18. The van der Waals surface area contributed by atoms with Crippen molar-refractivity contribution in [1.29, 1.82) is 0 Å². The van der Waals surface area contributed by atoms with Gasteiger partial charge in [0.25, 0.3) is 0 Å². The van der Waals surface area contributed by atoms with E-state index in [1.807, 2.05) is 25.6 Å². The molecule has 0 spiro atoms. The Kier molecular flexibility index (Phi) is 5.27. The highest BCUT2D eigenvalue weighted by atomic mass is 32.2. The van der Waals surface area contributed by atoms with E-state index in [1.54, 1.807) is 0 Å². The fraction of sp³-hybridized carbons (Fsp3) is 0.692. The van der Waals surface area contributed by atoms with Crippen molar-refractivity contribution in [2.45, 2.75) is 32.7 Å². The lowest BCUT2D eigenvalue weighted by atomic mass is 10.1. The fourth-order valence-electron chi connectivity index (χ4n) is 2.23. The molecule has 1 saturated heterocycles. The van der Waals surface area contributed by atoms with Gasteiger partial charge in [-0.25, -0.2) is 0 Å². The van der Waals surface area contributed by atoms with E-state index in [1.165, 1.54) is 0 Å². The minimum absolute atomic E-state index is 0.117. The molecule has 5 nitrogen and oxygen atoms in total. The summed E-state index contributed by atoms with van der Waals surface area (Å²) in [6.07, 6.45) is 1.34. The summed E-state index contributed by atoms with van der Waals surface area (Å²) in [4.78, 5) is 11.8. The lowest BCUT2D eigenvalue weighted by Gasteiger charge is -2.22. The summed E-state index contributed by atoms with van der Waals surface area (Å²) in [6.45, 7) is 5.47. The van der Waals surface area contributed by atoms with Crippen LogP contribution in [-0.4, -0.2) is 41.7 Å². The molecule has 1 amide bonds. The van der Waals surface area contributed by atoms with Gasteiger partial charge in [-0.3, -0.25) is 4.79 Å². The smallest absolute Gasteiger partial charge is 0.221 e. The Bertz CT molecular complexity index is 408. The number of aryl methyl sites for hydroxylation is 2. The molecule has 0 saturated carbocycles. The number of carbonyl (C=O) groups is 1. The van der Waals surface area contributed by atoms with E-state index in [-0.39, 0.29) is 5.91 Å². The van der Waals surface area contributed by atoms with Crippen molar-refractivity contribution in [2.75, 3.05) is 24.6 Å². The predicted octanol–water partition coefficient (Wildman–Crippen LogP) is 1.05. The standard InChI is InChI=1S/C13H21N3O2S/c1-9-12(10(2)18-16-9)3-4-15-13(17)7-11-8-19-6-5-14-11/h11,14H,3-8H2,1-2H3,(H,15,17). The Balaban J connectivity index is 1.69. The molecule has 106 valence electrons. The highest BCUT2D eigenvalue weighted by molar-refractivity contribution is 7.99. The van der Waals surface area contributed by atoms with Gasteiger partial charge >= 0.3 is 0 Å². The van der Waals surface area contributed by atoms with Crippen LogP contribution >= 0.6 is 11.8 Å². The molecule has 2 rings (SSSR count). The first-order valence-electron chi connectivity index (χ1n) is 6.66. The molecule has 0 aromatic carbocycles. The summed E-state index contributed by atoms with van der Waals surface area (Å²) in [5, 5.41) is 10.2. The van der Waals surface area contributed by atoms with Gasteiger partial charge in [0.05, 0.1) is 5.69 Å². The molecule has 0 aliphatic carbocycles. The third-order valence-electron chi connectivity index (χ3n) is 3.31. The second-order valence-corrected chi connectivity index (χ2v) is 5.98. The van der Waals surface area contributed by atoms with Crippen LogP contribution in [0.25, 0.3) is 0 Å². The largest absolute Gasteiger partial charge is 0.361 e. The van der Waals surface area contributed by atoms with Crippen LogP contribution < -0.4 is 10.6 Å². The number of nitrogens with one attached hydrogen (secondary N) is 2. The number of hydrogen-bond acceptors (Lipinski definition) is 5. The van der Waals surface area contributed by atoms with Crippen LogP contribution in [0.2, 0.25) is 0 Å². The van der Waals surface area contributed by atoms with Gasteiger partial charge in [-0.2, -0.15) is 11.8 Å². The van der Waals surface area contributed by atoms with Crippen LogP contribution in [-0.2, 0) is 11.2 Å². The number of hydrogen-bond donors (Lipinski definition) is 2. The summed E-state index contributed by atoms with van der Waals surface area (Å²) in [5.74, 6) is 3.13. The van der Waals surface area contributed by atoms with E-state index in [4.69, 9.17) is 4.52 Å². The lowest BCUT2D eigenvalue weighted by Crippen LogP contribution is -2.41. The first kappa shape index (κ1) is 14.4. The molecule has 6 heteroatoms. The van der Waals surface area contributed by atoms with Crippen molar-refractivity contribution < 1.29 is 9.32 Å². The number of aromatic nitrogens is 1. The van der Waals surface area contributed by atoms with Crippen molar-refractivity contribution in [3.05, 3.63) is 17.0 Å². The molecule has 1 aliphatic heterocycles. The molecule has 2 N–H and O–H groups in total. The molecule has 1 atom stereocenters. The van der Waals surface area contributed by atoms with Gasteiger partial charge in [-0.05, 0) is 20.3 Å². The van der Waals surface area contributed by atoms with E-state index >= 15 is 0 Å². The monoisotopic (exact) mass is 283 g/mol. The molecule has 2 heterocycles. The number of thioether (sulfide) groups is 1. The Hall–Kier alpha value is -1.01. The van der Waals surface area contributed by atoms with Gasteiger partial charge < -0.3 is 15.2 Å². The third-order valence-corrected chi connectivity index (χ3v) is 4.44. The molecule has 1 aliphatic rings. The van der Waals surface area contributed by atoms with Crippen LogP contribution in [0, 0.1) is 13.8 Å². The maximum Gasteiger partial charge on any atom is 0.221 e. The molecule has 1 fully saturated rings. The second-order valence-electron chi connectivity index (χ2n) is 4.83. The summed E-state index contributed by atoms with van der Waals surface area (Å²) in [5.41, 5.74) is 2.02. The van der Waals surface area contributed by atoms with Crippen LogP contribution in [0.3, 0.4) is 0 Å². The summed E-state index contributed by atoms with van der Waals surface area (Å²) >= 11 is 1.91. The Morgan fingerprint density at radius 1 is 1.58 bits per heavy atom. The highest BCUT2D eigenvalue weighted by Crippen LogP contribution is 2.12. The SMILES string of the molecule is Cc1noc(C)c1CCNC(=O)CC1CSCCN1. The van der Waals surface area contributed by atoms with Crippen molar-refractivity contribution in [2.24, 2.45) is 0 Å². The number of rotatable bonds is 5. The number of amides is 1. The van der Waals surface area contributed by atoms with E-state index in [0.717, 1.165) is 41.5 Å². The maximum atomic E-state index is 11.8. The topological polar surface area (TPSA) is 67.2 Å². The van der Waals surface area contributed by atoms with Gasteiger partial charge in [0.15, 0.2) is 0 Å². The predicted molar refractivity (Wildman–Crippen MR) is 76.4 cm³/mol.